The van der Waals surface area contributed by atoms with Crippen molar-refractivity contribution >= 4 is 43.2 Å². The van der Waals surface area contributed by atoms with Gasteiger partial charge in [-0.15, -0.1) is 0 Å². The molecular weight excluding hydrogens is 454 g/mol. The van der Waals surface area contributed by atoms with Crippen LogP contribution in [0.2, 0.25) is 0 Å². The number of hydrogen-bond acceptors (Lipinski definition) is 3. The maximum Gasteiger partial charge on any atom is 0.262 e. The molecule has 0 radical (unpaired) electrons. The summed E-state index contributed by atoms with van der Waals surface area (Å²) < 4.78 is 55.8. The molecule has 0 aliphatic carbocycles. The summed E-state index contributed by atoms with van der Waals surface area (Å²) in [4.78, 5) is 11.8. The van der Waals surface area contributed by atoms with Crippen LogP contribution in [0.5, 0.6) is 0 Å². The number of rotatable bonds is 5. The third-order valence-electron chi connectivity index (χ3n) is 3.74. The van der Waals surface area contributed by atoms with Gasteiger partial charge in [-0.2, -0.15) is 0 Å². The van der Waals surface area contributed by atoms with Crippen molar-refractivity contribution in [3.05, 3.63) is 88.4 Å². The standard InChI is InChI=1S/C19H13BrF2N2O3S/c20-14-6-2-4-8-17(14)24-28(26,27)12-9-10-18(16(22)11-12)23-19(25)13-5-1-3-7-15(13)21/h1-11,24H,(H,23,25). The number of amides is 1. The fraction of sp³-hybridized carbons (Fsp3) is 0. The van der Waals surface area contributed by atoms with Crippen LogP contribution in [0.15, 0.2) is 76.1 Å². The lowest BCUT2D eigenvalue weighted by molar-refractivity contribution is 0.102. The van der Waals surface area contributed by atoms with Crippen LogP contribution in [0.1, 0.15) is 10.4 Å². The summed E-state index contributed by atoms with van der Waals surface area (Å²) >= 11 is 3.22. The highest BCUT2D eigenvalue weighted by atomic mass is 79.9. The van der Waals surface area contributed by atoms with E-state index in [1.54, 1.807) is 24.3 Å². The van der Waals surface area contributed by atoms with Gasteiger partial charge in [0.15, 0.2) is 0 Å². The van der Waals surface area contributed by atoms with Crippen molar-refractivity contribution in [1.29, 1.82) is 0 Å². The molecule has 3 rings (SSSR count). The van der Waals surface area contributed by atoms with Crippen LogP contribution >= 0.6 is 15.9 Å². The topological polar surface area (TPSA) is 75.3 Å². The quantitative estimate of drug-likeness (QED) is 0.567. The van der Waals surface area contributed by atoms with Crippen LogP contribution in [0.3, 0.4) is 0 Å². The van der Waals surface area contributed by atoms with Gasteiger partial charge in [-0.05, 0) is 58.4 Å². The molecule has 0 fully saturated rings. The summed E-state index contributed by atoms with van der Waals surface area (Å²) in [7, 11) is -4.06. The minimum Gasteiger partial charge on any atom is -0.319 e. The molecule has 0 saturated carbocycles. The van der Waals surface area contributed by atoms with E-state index < -0.39 is 27.6 Å². The zero-order chi connectivity index (χ0) is 20.3. The van der Waals surface area contributed by atoms with E-state index in [4.69, 9.17) is 0 Å². The molecule has 0 atom stereocenters. The van der Waals surface area contributed by atoms with Crippen molar-refractivity contribution in [1.82, 2.24) is 0 Å². The Morgan fingerprint density at radius 1 is 0.857 bits per heavy atom. The van der Waals surface area contributed by atoms with Crippen LogP contribution in [0, 0.1) is 11.6 Å². The van der Waals surface area contributed by atoms with Gasteiger partial charge >= 0.3 is 0 Å². The summed E-state index contributed by atoms with van der Waals surface area (Å²) in [6, 6.07) is 14.8. The third-order valence-corrected chi connectivity index (χ3v) is 5.79. The molecule has 9 heteroatoms. The molecule has 144 valence electrons. The van der Waals surface area contributed by atoms with Gasteiger partial charge in [-0.25, -0.2) is 17.2 Å². The SMILES string of the molecule is O=C(Nc1ccc(S(=O)(=O)Nc2ccccc2Br)cc1F)c1ccccc1F. The summed E-state index contributed by atoms with van der Waals surface area (Å²) in [5.41, 5.74) is -0.234. The second-order valence-corrected chi connectivity index (χ2v) is 8.20. The molecule has 0 heterocycles. The number of nitrogens with one attached hydrogen (secondary N) is 2. The number of carbonyl (C=O) groups is 1. The molecule has 0 spiro atoms. The lowest BCUT2D eigenvalue weighted by atomic mass is 10.2. The van der Waals surface area contributed by atoms with E-state index in [1.165, 1.54) is 18.2 Å². The van der Waals surface area contributed by atoms with Crippen molar-refractivity contribution < 1.29 is 22.0 Å². The summed E-state index contributed by atoms with van der Waals surface area (Å²) in [6.07, 6.45) is 0. The van der Waals surface area contributed by atoms with Gasteiger partial charge < -0.3 is 5.32 Å². The van der Waals surface area contributed by atoms with Crippen molar-refractivity contribution in [3.63, 3.8) is 0 Å². The van der Waals surface area contributed by atoms with E-state index in [9.17, 15) is 22.0 Å². The highest BCUT2D eigenvalue weighted by Gasteiger charge is 2.19. The molecule has 0 aliphatic rings. The molecule has 0 aromatic heterocycles. The smallest absolute Gasteiger partial charge is 0.262 e. The number of halogens is 3. The number of sulfonamides is 1. The van der Waals surface area contributed by atoms with Gasteiger partial charge in [-0.3, -0.25) is 9.52 Å². The molecule has 28 heavy (non-hydrogen) atoms. The monoisotopic (exact) mass is 466 g/mol. The van der Waals surface area contributed by atoms with Crippen molar-refractivity contribution in [2.24, 2.45) is 0 Å². The average Bonchev–Trinajstić information content (AvgIpc) is 2.65. The third kappa shape index (κ3) is 4.37. The Balaban J connectivity index is 1.83. The second-order valence-electron chi connectivity index (χ2n) is 5.66. The van der Waals surface area contributed by atoms with Crippen LogP contribution < -0.4 is 10.0 Å². The predicted octanol–water partition coefficient (Wildman–Crippen LogP) is 4.78. The molecule has 3 aromatic carbocycles. The molecule has 2 N–H and O–H groups in total. The Morgan fingerprint density at radius 3 is 2.21 bits per heavy atom. The maximum atomic E-state index is 14.4. The van der Waals surface area contributed by atoms with Gasteiger partial charge in [0.2, 0.25) is 0 Å². The van der Waals surface area contributed by atoms with E-state index >= 15 is 0 Å². The summed E-state index contributed by atoms with van der Waals surface area (Å²) in [6.45, 7) is 0. The normalized spacial score (nSPS) is 11.1. The number of anilines is 2. The molecular formula is C19H13BrF2N2O3S. The number of carbonyl (C=O) groups excluding carboxylic acids is 1. The van der Waals surface area contributed by atoms with Gasteiger partial charge in [0.05, 0.1) is 21.8 Å². The van der Waals surface area contributed by atoms with Crippen LogP contribution in [0.4, 0.5) is 20.2 Å². The lowest BCUT2D eigenvalue weighted by Crippen LogP contribution is -2.16. The average molecular weight is 467 g/mol. The highest BCUT2D eigenvalue weighted by Crippen LogP contribution is 2.26. The van der Waals surface area contributed by atoms with Gasteiger partial charge in [0, 0.05) is 4.47 Å². The van der Waals surface area contributed by atoms with E-state index in [1.807, 2.05) is 0 Å². The molecule has 3 aromatic rings. The summed E-state index contributed by atoms with van der Waals surface area (Å²) in [5, 5.41) is 2.23. The molecule has 0 aliphatic heterocycles. The highest BCUT2D eigenvalue weighted by molar-refractivity contribution is 9.10. The predicted molar refractivity (Wildman–Crippen MR) is 106 cm³/mol. The van der Waals surface area contributed by atoms with Crippen molar-refractivity contribution in [3.8, 4) is 0 Å². The van der Waals surface area contributed by atoms with E-state index in [0.29, 0.717) is 10.2 Å². The number of benzene rings is 3. The molecule has 0 bridgehead atoms. The Hall–Kier alpha value is -2.78. The van der Waals surface area contributed by atoms with E-state index in [-0.39, 0.29) is 16.1 Å². The second kappa shape index (κ2) is 8.07. The molecule has 5 nitrogen and oxygen atoms in total. The van der Waals surface area contributed by atoms with Crippen LogP contribution in [0.25, 0.3) is 0 Å². The molecule has 1 amide bonds. The fourth-order valence-electron chi connectivity index (χ4n) is 2.35. The minimum absolute atomic E-state index is 0.255. The Labute approximate surface area is 168 Å². The Bertz CT molecular complexity index is 1150. The first kappa shape index (κ1) is 20.0. The van der Waals surface area contributed by atoms with E-state index in [0.717, 1.165) is 24.3 Å². The number of hydrogen-bond donors (Lipinski definition) is 2. The lowest BCUT2D eigenvalue weighted by Gasteiger charge is -2.11. The largest absolute Gasteiger partial charge is 0.319 e. The first-order valence-corrected chi connectivity index (χ1v) is 10.2. The van der Waals surface area contributed by atoms with Gasteiger partial charge in [-0.1, -0.05) is 24.3 Å². The number of para-hydroxylation sites is 1. The summed E-state index contributed by atoms with van der Waals surface area (Å²) in [5.74, 6) is -2.57. The molecule has 0 unspecified atom stereocenters. The maximum absolute atomic E-state index is 14.4. The Morgan fingerprint density at radius 2 is 1.54 bits per heavy atom. The van der Waals surface area contributed by atoms with Crippen LogP contribution in [-0.2, 0) is 10.0 Å². The zero-order valence-electron chi connectivity index (χ0n) is 14.1. The van der Waals surface area contributed by atoms with Gasteiger partial charge in [0.1, 0.15) is 11.6 Å². The first-order chi connectivity index (χ1) is 13.3. The van der Waals surface area contributed by atoms with Crippen LogP contribution in [-0.4, -0.2) is 14.3 Å². The molecule has 0 saturated heterocycles. The van der Waals surface area contributed by atoms with Gasteiger partial charge in [0.25, 0.3) is 15.9 Å². The van der Waals surface area contributed by atoms with E-state index in [2.05, 4.69) is 26.0 Å². The zero-order valence-corrected chi connectivity index (χ0v) is 16.5. The minimum atomic E-state index is -4.06. The first-order valence-electron chi connectivity index (χ1n) is 7.91. The van der Waals surface area contributed by atoms with Crippen molar-refractivity contribution in [2.45, 2.75) is 4.90 Å². The Kier molecular flexibility index (Phi) is 5.76. The van der Waals surface area contributed by atoms with Crippen molar-refractivity contribution in [2.75, 3.05) is 10.0 Å². The fourth-order valence-corrected chi connectivity index (χ4v) is 3.95.